The van der Waals surface area contributed by atoms with Gasteiger partial charge in [0, 0.05) is 11.3 Å². The van der Waals surface area contributed by atoms with Crippen molar-refractivity contribution in [3.63, 3.8) is 0 Å². The van der Waals surface area contributed by atoms with Crippen LogP contribution in [0.5, 0.6) is 40.2 Å². The highest BCUT2D eigenvalue weighted by atomic mass is 16.5. The number of hydrogen-bond acceptors (Lipinski definition) is 9. The van der Waals surface area contributed by atoms with E-state index in [2.05, 4.69) is 5.32 Å². The molecule has 5 aromatic rings. The van der Waals surface area contributed by atoms with Gasteiger partial charge in [0.2, 0.25) is 11.5 Å². The fraction of sp³-hybridized carbons (Fsp3) is 0.158. The fourth-order valence-corrected chi connectivity index (χ4v) is 5.29. The second kappa shape index (κ2) is 14.5. The number of rotatable bonds is 12. The molecule has 10 heteroatoms. The Morgan fingerprint density at radius 1 is 0.604 bits per heavy atom. The monoisotopic (exact) mass is 649 g/mol. The Bertz CT molecular complexity index is 1980. The van der Waals surface area contributed by atoms with Crippen LogP contribution in [-0.4, -0.2) is 59.5 Å². The minimum atomic E-state index is -0.467. The zero-order valence-corrected chi connectivity index (χ0v) is 27.4. The summed E-state index contributed by atoms with van der Waals surface area (Å²) in [5.41, 5.74) is 3.22. The number of hydrogen-bond donors (Lipinski definition) is 2. The summed E-state index contributed by atoms with van der Waals surface area (Å²) in [6, 6.07) is 22.7. The lowest BCUT2D eigenvalue weighted by Gasteiger charge is -2.14. The summed E-state index contributed by atoms with van der Waals surface area (Å²) < 4.78 is 32.5. The van der Waals surface area contributed by atoms with Crippen LogP contribution in [0.15, 0.2) is 84.9 Å². The average molecular weight is 650 g/mol. The minimum absolute atomic E-state index is 0.0225. The number of ether oxygens (including phenoxy) is 6. The lowest BCUT2D eigenvalue weighted by molar-refractivity contribution is 0.102. The SMILES string of the molecule is COc1cc(/C=C/C(=O)c2cc(NC(=O)c3ccc4cc(-c5cc(OC)c(OC)c(OC)c5)ccc4c3)ccc2O)cc(OC)c1OC. The van der Waals surface area contributed by atoms with Gasteiger partial charge in [0.25, 0.3) is 5.91 Å². The van der Waals surface area contributed by atoms with E-state index in [1.54, 1.807) is 51.7 Å². The van der Waals surface area contributed by atoms with Crippen molar-refractivity contribution in [3.8, 4) is 51.4 Å². The van der Waals surface area contributed by atoms with E-state index in [0.717, 1.165) is 21.9 Å². The Balaban J connectivity index is 1.34. The molecule has 48 heavy (non-hydrogen) atoms. The summed E-state index contributed by atoms with van der Waals surface area (Å²) in [5.74, 6) is 1.84. The summed E-state index contributed by atoms with van der Waals surface area (Å²) in [6.45, 7) is 0. The molecule has 5 aromatic carbocycles. The van der Waals surface area contributed by atoms with Crippen molar-refractivity contribution >= 4 is 34.2 Å². The number of aromatic hydroxyl groups is 1. The van der Waals surface area contributed by atoms with Crippen molar-refractivity contribution in [1.29, 1.82) is 0 Å². The predicted molar refractivity (Wildman–Crippen MR) is 185 cm³/mol. The van der Waals surface area contributed by atoms with Crippen LogP contribution in [0.3, 0.4) is 0 Å². The summed E-state index contributed by atoms with van der Waals surface area (Å²) in [4.78, 5) is 26.3. The van der Waals surface area contributed by atoms with E-state index in [1.165, 1.54) is 45.6 Å². The van der Waals surface area contributed by atoms with Crippen molar-refractivity contribution < 1.29 is 43.1 Å². The summed E-state index contributed by atoms with van der Waals surface area (Å²) >= 11 is 0. The molecular formula is C38H35NO9. The Morgan fingerprint density at radius 3 is 1.75 bits per heavy atom. The van der Waals surface area contributed by atoms with E-state index in [0.29, 0.717) is 51.3 Å². The number of phenolic OH excluding ortho intramolecular Hbond substituents is 1. The van der Waals surface area contributed by atoms with Gasteiger partial charge >= 0.3 is 0 Å². The number of carbonyl (C=O) groups excluding carboxylic acids is 2. The van der Waals surface area contributed by atoms with Crippen LogP contribution in [0.25, 0.3) is 28.0 Å². The molecule has 0 heterocycles. The van der Waals surface area contributed by atoms with Crippen LogP contribution in [0.1, 0.15) is 26.3 Å². The third kappa shape index (κ3) is 6.82. The van der Waals surface area contributed by atoms with Crippen LogP contribution in [-0.2, 0) is 0 Å². The third-order valence-electron chi connectivity index (χ3n) is 7.73. The van der Waals surface area contributed by atoms with Gasteiger partial charge in [-0.2, -0.15) is 0 Å². The number of allylic oxidation sites excluding steroid dienone is 1. The largest absolute Gasteiger partial charge is 0.507 e. The number of methoxy groups -OCH3 is 6. The molecule has 0 radical (unpaired) electrons. The molecule has 0 saturated heterocycles. The molecule has 246 valence electrons. The topological polar surface area (TPSA) is 122 Å². The van der Waals surface area contributed by atoms with Gasteiger partial charge in [-0.3, -0.25) is 9.59 Å². The lowest BCUT2D eigenvalue weighted by atomic mass is 9.99. The summed E-state index contributed by atoms with van der Waals surface area (Å²) in [5, 5.41) is 15.1. The van der Waals surface area contributed by atoms with Crippen molar-refractivity contribution in [2.24, 2.45) is 0 Å². The number of amides is 1. The van der Waals surface area contributed by atoms with E-state index in [9.17, 15) is 14.7 Å². The number of ketones is 1. The zero-order valence-electron chi connectivity index (χ0n) is 27.4. The molecule has 0 saturated carbocycles. The van der Waals surface area contributed by atoms with Gasteiger partial charge in [0.05, 0.1) is 48.2 Å². The second-order valence-electron chi connectivity index (χ2n) is 10.5. The van der Waals surface area contributed by atoms with Crippen LogP contribution < -0.4 is 33.7 Å². The molecule has 0 aliphatic rings. The van der Waals surface area contributed by atoms with Crippen molar-refractivity contribution in [2.45, 2.75) is 0 Å². The van der Waals surface area contributed by atoms with Gasteiger partial charge in [-0.25, -0.2) is 0 Å². The first kappa shape index (κ1) is 33.2. The Morgan fingerprint density at radius 2 is 1.17 bits per heavy atom. The van der Waals surface area contributed by atoms with Gasteiger partial charge in [0.15, 0.2) is 28.8 Å². The standard InChI is InChI=1S/C38H35NO9/c1-43-32-15-22(16-33(44-2)36(32)47-5)7-13-30(40)29-21-28(12-14-31(29)41)39-38(42)26-11-10-23-17-25(9-8-24(23)18-26)27-19-34(45-3)37(48-6)35(20-27)46-4/h7-21,41H,1-6H3,(H,39,42)/b13-7+. The normalized spacial score (nSPS) is 10.9. The van der Waals surface area contributed by atoms with Crippen molar-refractivity contribution in [2.75, 3.05) is 48.0 Å². The van der Waals surface area contributed by atoms with E-state index in [1.807, 2.05) is 36.4 Å². The first-order valence-corrected chi connectivity index (χ1v) is 14.7. The zero-order chi connectivity index (χ0) is 34.4. The molecule has 0 aromatic heterocycles. The molecule has 2 N–H and O–H groups in total. The highest BCUT2D eigenvalue weighted by molar-refractivity contribution is 6.11. The first-order valence-electron chi connectivity index (χ1n) is 14.7. The summed E-state index contributed by atoms with van der Waals surface area (Å²) in [7, 11) is 9.21. The number of nitrogens with one attached hydrogen (secondary N) is 1. The molecule has 0 fully saturated rings. The smallest absolute Gasteiger partial charge is 0.255 e. The lowest BCUT2D eigenvalue weighted by Crippen LogP contribution is -2.12. The van der Waals surface area contributed by atoms with E-state index < -0.39 is 5.78 Å². The maximum atomic E-state index is 13.3. The molecule has 0 aliphatic carbocycles. The van der Waals surface area contributed by atoms with Gasteiger partial charge in [-0.15, -0.1) is 0 Å². The van der Waals surface area contributed by atoms with E-state index in [4.69, 9.17) is 28.4 Å². The molecule has 1 amide bonds. The molecular weight excluding hydrogens is 614 g/mol. The Hall–Kier alpha value is -6.16. The maximum absolute atomic E-state index is 13.3. The highest BCUT2D eigenvalue weighted by Crippen LogP contribution is 2.42. The van der Waals surface area contributed by atoms with Gasteiger partial charge in [0.1, 0.15) is 5.75 Å². The first-order chi connectivity index (χ1) is 23.2. The summed E-state index contributed by atoms with van der Waals surface area (Å²) in [6.07, 6.45) is 2.89. The minimum Gasteiger partial charge on any atom is -0.507 e. The second-order valence-corrected chi connectivity index (χ2v) is 10.5. The Kier molecular flexibility index (Phi) is 10.0. The fourth-order valence-electron chi connectivity index (χ4n) is 5.29. The molecule has 0 unspecified atom stereocenters. The predicted octanol–water partition coefficient (Wildman–Crippen LogP) is 7.41. The van der Waals surface area contributed by atoms with Crippen LogP contribution in [0.2, 0.25) is 0 Å². The number of anilines is 1. The quantitative estimate of drug-likeness (QED) is 0.0808. The highest BCUT2D eigenvalue weighted by Gasteiger charge is 2.17. The number of benzene rings is 5. The molecule has 5 rings (SSSR count). The van der Waals surface area contributed by atoms with Crippen LogP contribution in [0, 0.1) is 0 Å². The molecule has 0 atom stereocenters. The van der Waals surface area contributed by atoms with Crippen molar-refractivity contribution in [1.82, 2.24) is 0 Å². The molecule has 0 aliphatic heterocycles. The number of phenols is 1. The molecule has 0 spiro atoms. The average Bonchev–Trinajstić information content (AvgIpc) is 3.12. The van der Waals surface area contributed by atoms with Crippen molar-refractivity contribution in [3.05, 3.63) is 102 Å². The number of fused-ring (bicyclic) bond motifs is 1. The van der Waals surface area contributed by atoms with E-state index >= 15 is 0 Å². The molecule has 0 bridgehead atoms. The van der Waals surface area contributed by atoms with Gasteiger partial charge in [-0.05, 0) is 94.2 Å². The van der Waals surface area contributed by atoms with E-state index in [-0.39, 0.29) is 17.2 Å². The molecule has 10 nitrogen and oxygen atoms in total. The third-order valence-corrected chi connectivity index (χ3v) is 7.73. The maximum Gasteiger partial charge on any atom is 0.255 e. The number of carbonyl (C=O) groups is 2. The van der Waals surface area contributed by atoms with Gasteiger partial charge in [-0.1, -0.05) is 24.3 Å². The van der Waals surface area contributed by atoms with Crippen LogP contribution >= 0.6 is 0 Å². The van der Waals surface area contributed by atoms with Gasteiger partial charge < -0.3 is 38.8 Å². The van der Waals surface area contributed by atoms with Crippen LogP contribution in [0.4, 0.5) is 5.69 Å². The Labute approximate surface area is 278 Å².